The molecule has 1 atom stereocenters. The standard InChI is InChI=1S/C17H22ClN3/c1-13-8-6-7-11-20(13)12-16-14(2)19-21(17(16)18)15-9-4-3-5-10-15/h3-5,9-10,13H,6-8,11-12H2,1-2H3. The van der Waals surface area contributed by atoms with Gasteiger partial charge in [0.1, 0.15) is 5.15 Å². The molecule has 0 saturated carbocycles. The number of hydrogen-bond acceptors (Lipinski definition) is 2. The summed E-state index contributed by atoms with van der Waals surface area (Å²) in [6.45, 7) is 6.42. The van der Waals surface area contributed by atoms with Gasteiger partial charge in [0, 0.05) is 18.2 Å². The number of para-hydroxylation sites is 1. The van der Waals surface area contributed by atoms with Crippen LogP contribution in [-0.2, 0) is 6.54 Å². The van der Waals surface area contributed by atoms with Crippen molar-refractivity contribution >= 4 is 11.6 Å². The summed E-state index contributed by atoms with van der Waals surface area (Å²) in [4.78, 5) is 2.52. The first-order valence-electron chi connectivity index (χ1n) is 7.70. The fourth-order valence-electron chi connectivity index (χ4n) is 3.05. The smallest absolute Gasteiger partial charge is 0.137 e. The Morgan fingerprint density at radius 1 is 1.24 bits per heavy atom. The van der Waals surface area contributed by atoms with Crippen molar-refractivity contribution in [3.05, 3.63) is 46.7 Å². The fourth-order valence-corrected chi connectivity index (χ4v) is 3.38. The average Bonchev–Trinajstić information content (AvgIpc) is 2.78. The number of likely N-dealkylation sites (tertiary alicyclic amines) is 1. The van der Waals surface area contributed by atoms with Crippen LogP contribution in [0, 0.1) is 6.92 Å². The highest BCUT2D eigenvalue weighted by molar-refractivity contribution is 6.30. The van der Waals surface area contributed by atoms with Gasteiger partial charge in [-0.1, -0.05) is 36.2 Å². The van der Waals surface area contributed by atoms with Crippen LogP contribution in [0.3, 0.4) is 0 Å². The lowest BCUT2D eigenvalue weighted by Crippen LogP contribution is -2.36. The van der Waals surface area contributed by atoms with Crippen molar-refractivity contribution in [2.45, 2.75) is 45.7 Å². The van der Waals surface area contributed by atoms with Gasteiger partial charge in [0.15, 0.2) is 0 Å². The number of nitrogens with zero attached hydrogens (tertiary/aromatic N) is 3. The van der Waals surface area contributed by atoms with Gasteiger partial charge in [-0.25, -0.2) is 4.68 Å². The van der Waals surface area contributed by atoms with Crippen molar-refractivity contribution in [3.63, 3.8) is 0 Å². The number of rotatable bonds is 3. The van der Waals surface area contributed by atoms with Crippen LogP contribution in [0.5, 0.6) is 0 Å². The van der Waals surface area contributed by atoms with Crippen molar-refractivity contribution in [1.82, 2.24) is 14.7 Å². The Kier molecular flexibility index (Phi) is 4.32. The first-order chi connectivity index (χ1) is 10.2. The Bertz CT molecular complexity index is 606. The molecule has 2 aromatic rings. The number of benzene rings is 1. The van der Waals surface area contributed by atoms with Gasteiger partial charge in [0.05, 0.1) is 11.4 Å². The minimum Gasteiger partial charge on any atom is -0.296 e. The van der Waals surface area contributed by atoms with Gasteiger partial charge in [-0.3, -0.25) is 4.90 Å². The lowest BCUT2D eigenvalue weighted by molar-refractivity contribution is 0.152. The maximum atomic E-state index is 6.60. The van der Waals surface area contributed by atoms with E-state index in [4.69, 9.17) is 11.6 Å². The predicted octanol–water partition coefficient (Wildman–Crippen LogP) is 4.21. The van der Waals surface area contributed by atoms with Crippen molar-refractivity contribution < 1.29 is 0 Å². The third-order valence-corrected chi connectivity index (χ3v) is 4.81. The van der Waals surface area contributed by atoms with Crippen LogP contribution in [-0.4, -0.2) is 27.3 Å². The van der Waals surface area contributed by atoms with Crippen molar-refractivity contribution in [2.24, 2.45) is 0 Å². The SMILES string of the molecule is Cc1nn(-c2ccccc2)c(Cl)c1CN1CCCCC1C. The Balaban J connectivity index is 1.88. The van der Waals surface area contributed by atoms with E-state index < -0.39 is 0 Å². The van der Waals surface area contributed by atoms with E-state index in [2.05, 4.69) is 23.8 Å². The minimum atomic E-state index is 0.634. The van der Waals surface area contributed by atoms with Crippen LogP contribution >= 0.6 is 11.6 Å². The van der Waals surface area contributed by atoms with E-state index >= 15 is 0 Å². The molecule has 1 saturated heterocycles. The first-order valence-corrected chi connectivity index (χ1v) is 8.08. The molecule has 4 heteroatoms. The quantitative estimate of drug-likeness (QED) is 0.847. The normalized spacial score (nSPS) is 19.9. The van der Waals surface area contributed by atoms with E-state index in [-0.39, 0.29) is 0 Å². The summed E-state index contributed by atoms with van der Waals surface area (Å²) in [5, 5.41) is 5.38. The maximum absolute atomic E-state index is 6.60. The van der Waals surface area contributed by atoms with E-state index in [9.17, 15) is 0 Å². The van der Waals surface area contributed by atoms with Crippen molar-refractivity contribution in [3.8, 4) is 5.69 Å². The second-order valence-corrected chi connectivity index (χ2v) is 6.28. The van der Waals surface area contributed by atoms with E-state index in [0.29, 0.717) is 6.04 Å². The molecule has 2 heterocycles. The molecule has 0 spiro atoms. The zero-order valence-electron chi connectivity index (χ0n) is 12.7. The molecule has 1 aromatic heterocycles. The molecule has 3 rings (SSSR count). The van der Waals surface area contributed by atoms with Gasteiger partial charge in [-0.05, 0) is 45.4 Å². The van der Waals surface area contributed by atoms with Crippen molar-refractivity contribution in [2.75, 3.05) is 6.54 Å². The van der Waals surface area contributed by atoms with Crippen LogP contribution in [0.2, 0.25) is 5.15 Å². The molecule has 112 valence electrons. The largest absolute Gasteiger partial charge is 0.296 e. The van der Waals surface area contributed by atoms with E-state index in [1.807, 2.05) is 35.0 Å². The summed E-state index contributed by atoms with van der Waals surface area (Å²) in [6.07, 6.45) is 3.91. The van der Waals surface area contributed by atoms with Crippen LogP contribution in [0.15, 0.2) is 30.3 Å². The Labute approximate surface area is 131 Å². The molecular formula is C17H22ClN3. The average molecular weight is 304 g/mol. The van der Waals surface area contributed by atoms with Crippen LogP contribution < -0.4 is 0 Å². The van der Waals surface area contributed by atoms with Gasteiger partial charge in [-0.2, -0.15) is 5.10 Å². The molecule has 21 heavy (non-hydrogen) atoms. The van der Waals surface area contributed by atoms with Crippen LogP contribution in [0.25, 0.3) is 5.69 Å². The van der Waals surface area contributed by atoms with Gasteiger partial charge in [0.2, 0.25) is 0 Å². The van der Waals surface area contributed by atoms with Gasteiger partial charge in [-0.15, -0.1) is 0 Å². The fraction of sp³-hybridized carbons (Fsp3) is 0.471. The van der Waals surface area contributed by atoms with E-state index in [0.717, 1.165) is 35.2 Å². The highest BCUT2D eigenvalue weighted by Gasteiger charge is 2.22. The Morgan fingerprint density at radius 2 is 2.00 bits per heavy atom. The molecule has 1 unspecified atom stereocenters. The summed E-state index contributed by atoms with van der Waals surface area (Å²) in [5.74, 6) is 0. The maximum Gasteiger partial charge on any atom is 0.137 e. The second kappa shape index (κ2) is 6.20. The number of aryl methyl sites for hydroxylation is 1. The second-order valence-electron chi connectivity index (χ2n) is 5.92. The van der Waals surface area contributed by atoms with Crippen LogP contribution in [0.4, 0.5) is 0 Å². The molecule has 3 nitrogen and oxygen atoms in total. The molecule has 0 N–H and O–H groups in total. The summed E-state index contributed by atoms with van der Waals surface area (Å²) in [6, 6.07) is 10.7. The third kappa shape index (κ3) is 2.99. The number of aromatic nitrogens is 2. The number of hydrogen-bond donors (Lipinski definition) is 0. The summed E-state index contributed by atoms with van der Waals surface area (Å²) < 4.78 is 1.85. The number of piperidine rings is 1. The topological polar surface area (TPSA) is 21.1 Å². The summed E-state index contributed by atoms with van der Waals surface area (Å²) in [7, 11) is 0. The molecule has 0 radical (unpaired) electrons. The van der Waals surface area contributed by atoms with Gasteiger partial charge in [0.25, 0.3) is 0 Å². The summed E-state index contributed by atoms with van der Waals surface area (Å²) in [5.41, 5.74) is 3.21. The highest BCUT2D eigenvalue weighted by Crippen LogP contribution is 2.27. The molecule has 1 aliphatic rings. The van der Waals surface area contributed by atoms with Crippen molar-refractivity contribution in [1.29, 1.82) is 0 Å². The molecule has 0 aliphatic carbocycles. The minimum absolute atomic E-state index is 0.634. The molecule has 1 aromatic carbocycles. The molecule has 0 bridgehead atoms. The summed E-state index contributed by atoms with van der Waals surface area (Å²) >= 11 is 6.60. The van der Waals surface area contributed by atoms with Gasteiger partial charge < -0.3 is 0 Å². The highest BCUT2D eigenvalue weighted by atomic mass is 35.5. The molecule has 1 aliphatic heterocycles. The number of halogens is 1. The zero-order valence-corrected chi connectivity index (χ0v) is 13.5. The van der Waals surface area contributed by atoms with E-state index in [1.165, 1.54) is 19.3 Å². The Hall–Kier alpha value is -1.32. The van der Waals surface area contributed by atoms with Gasteiger partial charge >= 0.3 is 0 Å². The Morgan fingerprint density at radius 3 is 2.71 bits per heavy atom. The third-order valence-electron chi connectivity index (χ3n) is 4.42. The van der Waals surface area contributed by atoms with E-state index in [1.54, 1.807) is 0 Å². The lowest BCUT2D eigenvalue weighted by Gasteiger charge is -2.33. The molecular weight excluding hydrogens is 282 g/mol. The zero-order chi connectivity index (χ0) is 14.8. The predicted molar refractivity (Wildman–Crippen MR) is 87.0 cm³/mol. The van der Waals surface area contributed by atoms with Crippen LogP contribution in [0.1, 0.15) is 37.4 Å². The first kappa shape index (κ1) is 14.6. The molecule has 0 amide bonds. The lowest BCUT2D eigenvalue weighted by atomic mass is 10.0. The monoisotopic (exact) mass is 303 g/mol. The molecule has 1 fully saturated rings.